The molecule has 0 aliphatic heterocycles. The Bertz CT molecular complexity index is 928. The normalized spacial score (nSPS) is 10.2. The van der Waals surface area contributed by atoms with E-state index in [-0.39, 0.29) is 23.1 Å². The lowest BCUT2D eigenvalue weighted by Gasteiger charge is -2.07. The zero-order valence-corrected chi connectivity index (χ0v) is 13.7. The number of aromatic amines is 1. The first-order valence-electron chi connectivity index (χ1n) is 7.60. The van der Waals surface area contributed by atoms with Crippen LogP contribution >= 0.6 is 0 Å². The molecule has 3 amide bonds. The summed E-state index contributed by atoms with van der Waals surface area (Å²) in [6.07, 6.45) is 2.68. The minimum atomic E-state index is -0.506. The first-order valence-corrected chi connectivity index (χ1v) is 7.60. The molecule has 132 valence electrons. The summed E-state index contributed by atoms with van der Waals surface area (Å²) in [5.41, 5.74) is 1.09. The monoisotopic (exact) mass is 353 g/mol. The van der Waals surface area contributed by atoms with Crippen molar-refractivity contribution in [3.05, 3.63) is 66.1 Å². The van der Waals surface area contributed by atoms with Gasteiger partial charge >= 0.3 is 0 Å². The van der Waals surface area contributed by atoms with Crippen LogP contribution in [-0.4, -0.2) is 34.7 Å². The van der Waals surface area contributed by atoms with Gasteiger partial charge in [-0.05, 0) is 36.4 Å². The van der Waals surface area contributed by atoms with Crippen molar-refractivity contribution in [3.63, 3.8) is 0 Å². The maximum atomic E-state index is 12.3. The smallest absolute Gasteiger partial charge is 0.291 e. The molecule has 0 saturated carbocycles. The topological polar surface area (TPSA) is 129 Å². The third kappa shape index (κ3) is 3.61. The van der Waals surface area contributed by atoms with Crippen LogP contribution in [-0.2, 0) is 0 Å². The second-order valence-electron chi connectivity index (χ2n) is 5.17. The number of nitrogens with zero attached hydrogens (tertiary/aromatic N) is 1. The minimum Gasteiger partial charge on any atom is -0.459 e. The van der Waals surface area contributed by atoms with Crippen LogP contribution in [0.15, 0.2) is 53.4 Å². The third-order valence-electron chi connectivity index (χ3n) is 3.45. The first kappa shape index (κ1) is 17.0. The molecule has 0 atom stereocenters. The van der Waals surface area contributed by atoms with Crippen molar-refractivity contribution in [3.8, 4) is 0 Å². The van der Waals surface area contributed by atoms with Gasteiger partial charge in [-0.15, -0.1) is 0 Å². The Balaban J connectivity index is 1.66. The zero-order valence-electron chi connectivity index (χ0n) is 13.7. The summed E-state index contributed by atoms with van der Waals surface area (Å²) in [6.45, 7) is 0. The molecule has 3 aromatic rings. The van der Waals surface area contributed by atoms with Crippen LogP contribution in [0, 0.1) is 0 Å². The molecule has 26 heavy (non-hydrogen) atoms. The maximum Gasteiger partial charge on any atom is 0.291 e. The quantitative estimate of drug-likeness (QED) is 0.556. The van der Waals surface area contributed by atoms with Crippen molar-refractivity contribution >= 4 is 29.1 Å². The van der Waals surface area contributed by atoms with Gasteiger partial charge in [0.15, 0.2) is 11.5 Å². The van der Waals surface area contributed by atoms with Crippen molar-refractivity contribution in [2.45, 2.75) is 0 Å². The highest BCUT2D eigenvalue weighted by Crippen LogP contribution is 2.16. The summed E-state index contributed by atoms with van der Waals surface area (Å²) < 4.78 is 5.01. The number of imidazole rings is 1. The molecule has 0 radical (unpaired) electrons. The van der Waals surface area contributed by atoms with E-state index in [0.29, 0.717) is 11.4 Å². The van der Waals surface area contributed by atoms with Crippen LogP contribution in [0.25, 0.3) is 0 Å². The first-order chi connectivity index (χ1) is 12.6. The van der Waals surface area contributed by atoms with E-state index in [1.54, 1.807) is 36.4 Å². The number of amides is 3. The minimum absolute atomic E-state index is 0.00679. The number of carbonyl (C=O) groups is 3. The fourth-order valence-electron chi connectivity index (χ4n) is 2.19. The van der Waals surface area contributed by atoms with Crippen molar-refractivity contribution in [2.75, 3.05) is 17.7 Å². The molecule has 0 bridgehead atoms. The Kier molecular flexibility index (Phi) is 4.79. The van der Waals surface area contributed by atoms with Gasteiger partial charge in [-0.2, -0.15) is 0 Å². The number of furan rings is 1. The molecule has 0 fully saturated rings. The Labute approximate surface area is 147 Å². The third-order valence-corrected chi connectivity index (χ3v) is 3.45. The van der Waals surface area contributed by atoms with Gasteiger partial charge in [-0.3, -0.25) is 14.4 Å². The fraction of sp³-hybridized carbons (Fsp3) is 0.0588. The number of hydrogen-bond acceptors (Lipinski definition) is 5. The van der Waals surface area contributed by atoms with Crippen LogP contribution in [0.1, 0.15) is 31.5 Å². The van der Waals surface area contributed by atoms with Crippen LogP contribution in [0.3, 0.4) is 0 Å². The second-order valence-corrected chi connectivity index (χ2v) is 5.17. The highest BCUT2D eigenvalue weighted by Gasteiger charge is 2.19. The summed E-state index contributed by atoms with van der Waals surface area (Å²) in [7, 11) is 1.45. The Hall–Kier alpha value is -3.88. The van der Waals surface area contributed by atoms with E-state index in [2.05, 4.69) is 25.9 Å². The number of carbonyl (C=O) groups excluding carboxylic acids is 3. The summed E-state index contributed by atoms with van der Waals surface area (Å²) >= 11 is 0. The number of anilines is 2. The van der Waals surface area contributed by atoms with E-state index in [9.17, 15) is 14.4 Å². The fourth-order valence-corrected chi connectivity index (χ4v) is 2.19. The van der Waals surface area contributed by atoms with Crippen LogP contribution < -0.4 is 16.0 Å². The number of rotatable bonds is 5. The van der Waals surface area contributed by atoms with Crippen molar-refractivity contribution in [1.82, 2.24) is 15.3 Å². The number of hydrogen-bond donors (Lipinski definition) is 4. The molecule has 0 aliphatic carbocycles. The Morgan fingerprint density at radius 1 is 0.962 bits per heavy atom. The molecule has 0 unspecified atom stereocenters. The molecule has 9 heteroatoms. The largest absolute Gasteiger partial charge is 0.459 e. The van der Waals surface area contributed by atoms with E-state index >= 15 is 0 Å². The van der Waals surface area contributed by atoms with E-state index in [4.69, 9.17) is 4.42 Å². The van der Waals surface area contributed by atoms with Gasteiger partial charge in [0.05, 0.1) is 12.6 Å². The molecule has 0 spiro atoms. The lowest BCUT2D eigenvalue weighted by molar-refractivity contribution is 0.0943. The van der Waals surface area contributed by atoms with Crippen LogP contribution in [0.4, 0.5) is 11.4 Å². The summed E-state index contributed by atoms with van der Waals surface area (Å²) in [5, 5.41) is 7.73. The highest BCUT2D eigenvalue weighted by atomic mass is 16.3. The summed E-state index contributed by atoms with van der Waals surface area (Å²) in [4.78, 5) is 42.3. The standard InChI is InChI=1S/C17H15N5O4/c1-18-16(24)13-14(20-9-19-13)17(25)22-11-6-4-10(5-7-11)21-15(23)12-3-2-8-26-12/h2-9H,1H3,(H,18,24)(H,19,20)(H,21,23)(H,22,25). The molecule has 4 N–H and O–H groups in total. The number of nitrogens with one attached hydrogen (secondary N) is 4. The number of H-pyrrole nitrogens is 1. The van der Waals surface area contributed by atoms with Gasteiger partial charge in [0, 0.05) is 18.4 Å². The lowest BCUT2D eigenvalue weighted by atomic mass is 10.2. The van der Waals surface area contributed by atoms with E-state index in [1.807, 2.05) is 0 Å². The van der Waals surface area contributed by atoms with Crippen molar-refractivity contribution in [1.29, 1.82) is 0 Å². The van der Waals surface area contributed by atoms with Gasteiger partial charge in [0.2, 0.25) is 0 Å². The molecule has 2 heterocycles. The predicted molar refractivity (Wildman–Crippen MR) is 93.0 cm³/mol. The average molecular weight is 353 g/mol. The number of benzene rings is 1. The zero-order chi connectivity index (χ0) is 18.5. The van der Waals surface area contributed by atoms with Gasteiger partial charge in [-0.25, -0.2) is 4.98 Å². The summed E-state index contributed by atoms with van der Waals surface area (Å²) in [6, 6.07) is 9.66. The second kappa shape index (κ2) is 7.34. The Morgan fingerprint density at radius 3 is 2.19 bits per heavy atom. The van der Waals surface area contributed by atoms with Crippen LogP contribution in [0.5, 0.6) is 0 Å². The molecular weight excluding hydrogens is 338 g/mol. The van der Waals surface area contributed by atoms with Crippen molar-refractivity contribution < 1.29 is 18.8 Å². The highest BCUT2D eigenvalue weighted by molar-refractivity contribution is 6.10. The molecule has 0 aliphatic rings. The van der Waals surface area contributed by atoms with Gasteiger partial charge < -0.3 is 25.4 Å². The molecule has 9 nitrogen and oxygen atoms in total. The SMILES string of the molecule is CNC(=O)c1nc[nH]c1C(=O)Nc1ccc(NC(=O)c2ccco2)cc1. The molecule has 1 aromatic carbocycles. The summed E-state index contributed by atoms with van der Waals surface area (Å²) in [5.74, 6) is -1.15. The van der Waals surface area contributed by atoms with Gasteiger partial charge in [-0.1, -0.05) is 0 Å². The van der Waals surface area contributed by atoms with Crippen molar-refractivity contribution in [2.24, 2.45) is 0 Å². The van der Waals surface area contributed by atoms with E-state index in [0.717, 1.165) is 0 Å². The van der Waals surface area contributed by atoms with Gasteiger partial charge in [0.25, 0.3) is 17.7 Å². The number of aromatic nitrogens is 2. The predicted octanol–water partition coefficient (Wildman–Crippen LogP) is 1.87. The van der Waals surface area contributed by atoms with Crippen LogP contribution in [0.2, 0.25) is 0 Å². The maximum absolute atomic E-state index is 12.3. The van der Waals surface area contributed by atoms with Gasteiger partial charge in [0.1, 0.15) is 5.69 Å². The average Bonchev–Trinajstić information content (AvgIpc) is 3.34. The van der Waals surface area contributed by atoms with E-state index in [1.165, 1.54) is 19.6 Å². The molecule has 3 rings (SSSR count). The lowest BCUT2D eigenvalue weighted by Crippen LogP contribution is -2.23. The Morgan fingerprint density at radius 2 is 1.62 bits per heavy atom. The molecule has 0 saturated heterocycles. The molecular formula is C17H15N5O4. The van der Waals surface area contributed by atoms with E-state index < -0.39 is 11.8 Å². The molecule has 2 aromatic heterocycles.